The molecule has 1 aliphatic heterocycles. The van der Waals surface area contributed by atoms with Crippen molar-refractivity contribution in [1.29, 1.82) is 0 Å². The maximum atomic E-state index is 4.90. The molecule has 0 aromatic carbocycles. The fraction of sp³-hybridized carbons (Fsp3) is 0.750. The van der Waals surface area contributed by atoms with E-state index in [0.717, 1.165) is 32.0 Å². The normalized spacial score (nSPS) is 23.6. The molecule has 20 heavy (non-hydrogen) atoms. The van der Waals surface area contributed by atoms with E-state index < -0.39 is 0 Å². The number of aromatic nitrogens is 2. The molecule has 110 valence electrons. The largest absolute Gasteiger partial charge is 0.314 e. The van der Waals surface area contributed by atoms with Gasteiger partial charge in [-0.15, -0.1) is 0 Å². The van der Waals surface area contributed by atoms with Gasteiger partial charge in [-0.2, -0.15) is 0 Å². The Bertz CT molecular complexity index is 422. The molecule has 0 bridgehead atoms. The van der Waals surface area contributed by atoms with Crippen LogP contribution in [-0.2, 0) is 0 Å². The lowest BCUT2D eigenvalue weighted by atomic mass is 9.87. The molecule has 1 atom stereocenters. The average molecular weight is 274 g/mol. The van der Waals surface area contributed by atoms with Gasteiger partial charge in [0.05, 0.1) is 6.04 Å². The number of hydrogen-bond acceptors (Lipinski definition) is 4. The number of nitrogens with one attached hydrogen (secondary N) is 1. The zero-order valence-electron chi connectivity index (χ0n) is 12.5. The second-order valence-electron chi connectivity index (χ2n) is 6.14. The minimum atomic E-state index is 0.334. The SMILES string of the molecule is CC(c1nccc(C2CCCCC2)n1)N1CCNCC1. The average Bonchev–Trinajstić information content (AvgIpc) is 2.56. The quantitative estimate of drug-likeness (QED) is 0.919. The van der Waals surface area contributed by atoms with E-state index in [9.17, 15) is 0 Å². The summed E-state index contributed by atoms with van der Waals surface area (Å²) in [6, 6.07) is 2.46. The smallest absolute Gasteiger partial charge is 0.145 e. The van der Waals surface area contributed by atoms with Crippen molar-refractivity contribution in [3.8, 4) is 0 Å². The van der Waals surface area contributed by atoms with Gasteiger partial charge in [-0.3, -0.25) is 4.90 Å². The van der Waals surface area contributed by atoms with Gasteiger partial charge < -0.3 is 5.32 Å². The first-order valence-electron chi connectivity index (χ1n) is 8.12. The molecule has 4 heteroatoms. The summed E-state index contributed by atoms with van der Waals surface area (Å²) in [5.41, 5.74) is 1.27. The molecule has 1 aromatic heterocycles. The minimum absolute atomic E-state index is 0.334. The maximum absolute atomic E-state index is 4.90. The van der Waals surface area contributed by atoms with Gasteiger partial charge in [0.2, 0.25) is 0 Å². The molecule has 1 aliphatic carbocycles. The van der Waals surface area contributed by atoms with Crippen molar-refractivity contribution in [1.82, 2.24) is 20.2 Å². The lowest BCUT2D eigenvalue weighted by Gasteiger charge is -2.32. The molecule has 2 fully saturated rings. The highest BCUT2D eigenvalue weighted by Gasteiger charge is 2.22. The molecule has 3 rings (SSSR count). The molecule has 1 saturated carbocycles. The number of piperazine rings is 1. The molecule has 0 amide bonds. The van der Waals surface area contributed by atoms with Crippen LogP contribution in [0.1, 0.15) is 62.5 Å². The van der Waals surface area contributed by atoms with E-state index in [1.807, 2.05) is 6.20 Å². The zero-order valence-corrected chi connectivity index (χ0v) is 12.5. The Morgan fingerprint density at radius 1 is 1.20 bits per heavy atom. The monoisotopic (exact) mass is 274 g/mol. The summed E-state index contributed by atoms with van der Waals surface area (Å²) < 4.78 is 0. The van der Waals surface area contributed by atoms with E-state index in [2.05, 4.69) is 28.2 Å². The Morgan fingerprint density at radius 3 is 2.70 bits per heavy atom. The van der Waals surface area contributed by atoms with E-state index in [4.69, 9.17) is 4.98 Å². The van der Waals surface area contributed by atoms with Crippen molar-refractivity contribution >= 4 is 0 Å². The highest BCUT2D eigenvalue weighted by atomic mass is 15.2. The Morgan fingerprint density at radius 2 is 1.95 bits per heavy atom. The summed E-state index contributed by atoms with van der Waals surface area (Å²) in [6.07, 6.45) is 8.68. The summed E-state index contributed by atoms with van der Waals surface area (Å²) in [7, 11) is 0. The van der Waals surface area contributed by atoms with Gasteiger partial charge in [0.15, 0.2) is 0 Å². The highest BCUT2D eigenvalue weighted by Crippen LogP contribution is 2.31. The molecule has 1 unspecified atom stereocenters. The molecule has 2 aliphatic rings. The van der Waals surface area contributed by atoms with E-state index in [1.54, 1.807) is 0 Å². The molecule has 2 heterocycles. The van der Waals surface area contributed by atoms with Crippen LogP contribution in [0.4, 0.5) is 0 Å². The number of nitrogens with zero attached hydrogens (tertiary/aromatic N) is 3. The van der Waals surface area contributed by atoms with E-state index in [1.165, 1.54) is 37.8 Å². The van der Waals surface area contributed by atoms with Crippen molar-refractivity contribution in [2.24, 2.45) is 0 Å². The van der Waals surface area contributed by atoms with Crippen molar-refractivity contribution in [3.63, 3.8) is 0 Å². The van der Waals surface area contributed by atoms with Gasteiger partial charge in [0, 0.05) is 44.0 Å². The molecular formula is C16H26N4. The third kappa shape index (κ3) is 3.18. The summed E-state index contributed by atoms with van der Waals surface area (Å²) in [6.45, 7) is 6.58. The van der Waals surface area contributed by atoms with Crippen molar-refractivity contribution in [3.05, 3.63) is 23.8 Å². The van der Waals surface area contributed by atoms with Crippen LogP contribution in [0.5, 0.6) is 0 Å². The van der Waals surface area contributed by atoms with Crippen LogP contribution in [0.25, 0.3) is 0 Å². The van der Waals surface area contributed by atoms with E-state index in [0.29, 0.717) is 12.0 Å². The second kappa shape index (κ2) is 6.64. The van der Waals surface area contributed by atoms with E-state index in [-0.39, 0.29) is 0 Å². The van der Waals surface area contributed by atoms with Gasteiger partial charge in [-0.1, -0.05) is 19.3 Å². The molecule has 0 spiro atoms. The van der Waals surface area contributed by atoms with Crippen LogP contribution in [0.15, 0.2) is 12.3 Å². The third-order valence-corrected chi connectivity index (χ3v) is 4.79. The summed E-state index contributed by atoms with van der Waals surface area (Å²) in [4.78, 5) is 11.9. The van der Waals surface area contributed by atoms with Crippen molar-refractivity contribution in [2.45, 2.75) is 51.0 Å². The molecule has 1 N–H and O–H groups in total. The predicted octanol–water partition coefficient (Wildman–Crippen LogP) is 2.49. The number of hydrogen-bond donors (Lipinski definition) is 1. The molecular weight excluding hydrogens is 248 g/mol. The maximum Gasteiger partial charge on any atom is 0.145 e. The predicted molar refractivity (Wildman–Crippen MR) is 80.7 cm³/mol. The van der Waals surface area contributed by atoms with Crippen molar-refractivity contribution in [2.75, 3.05) is 26.2 Å². The van der Waals surface area contributed by atoms with Gasteiger partial charge in [-0.05, 0) is 25.8 Å². The topological polar surface area (TPSA) is 41.1 Å². The van der Waals surface area contributed by atoms with Crippen molar-refractivity contribution < 1.29 is 0 Å². The first kappa shape index (κ1) is 14.0. The van der Waals surface area contributed by atoms with Crippen LogP contribution in [0.3, 0.4) is 0 Å². The van der Waals surface area contributed by atoms with Crippen LogP contribution in [-0.4, -0.2) is 41.0 Å². The lowest BCUT2D eigenvalue weighted by Crippen LogP contribution is -2.44. The van der Waals surface area contributed by atoms with Gasteiger partial charge in [0.25, 0.3) is 0 Å². The highest BCUT2D eigenvalue weighted by molar-refractivity contribution is 5.11. The second-order valence-corrected chi connectivity index (χ2v) is 6.14. The zero-order chi connectivity index (χ0) is 13.8. The summed E-state index contributed by atoms with van der Waals surface area (Å²) in [5, 5.41) is 3.40. The Balaban J connectivity index is 1.72. The summed E-state index contributed by atoms with van der Waals surface area (Å²) >= 11 is 0. The first-order valence-corrected chi connectivity index (χ1v) is 8.12. The molecule has 1 saturated heterocycles. The molecule has 4 nitrogen and oxygen atoms in total. The van der Waals surface area contributed by atoms with Crippen LogP contribution < -0.4 is 5.32 Å². The Kier molecular flexibility index (Phi) is 4.63. The Hall–Kier alpha value is -1.00. The molecule has 0 radical (unpaired) electrons. The lowest BCUT2D eigenvalue weighted by molar-refractivity contribution is 0.178. The van der Waals surface area contributed by atoms with E-state index >= 15 is 0 Å². The first-order chi connectivity index (χ1) is 9.84. The third-order valence-electron chi connectivity index (χ3n) is 4.79. The van der Waals surface area contributed by atoms with Gasteiger partial charge in [-0.25, -0.2) is 9.97 Å². The summed E-state index contributed by atoms with van der Waals surface area (Å²) in [5.74, 6) is 1.68. The fourth-order valence-electron chi connectivity index (χ4n) is 3.45. The molecule has 1 aromatic rings. The Labute approximate surface area is 122 Å². The van der Waals surface area contributed by atoms with Gasteiger partial charge in [0.1, 0.15) is 5.82 Å². The van der Waals surface area contributed by atoms with Gasteiger partial charge >= 0.3 is 0 Å². The number of rotatable bonds is 3. The fourth-order valence-corrected chi connectivity index (χ4v) is 3.45. The van der Waals surface area contributed by atoms with Crippen LogP contribution in [0.2, 0.25) is 0 Å². The van der Waals surface area contributed by atoms with Crippen LogP contribution in [0, 0.1) is 0 Å². The standard InChI is InChI=1S/C16H26N4/c1-13(20-11-9-17-10-12-20)16-18-8-7-15(19-16)14-5-3-2-4-6-14/h7-8,13-14,17H,2-6,9-12H2,1H3. The van der Waals surface area contributed by atoms with Crippen LogP contribution >= 0.6 is 0 Å². The minimum Gasteiger partial charge on any atom is -0.314 e.